The van der Waals surface area contributed by atoms with Crippen LogP contribution in [0.2, 0.25) is 5.02 Å². The Bertz CT molecular complexity index is 1360. The number of amides is 2. The predicted molar refractivity (Wildman–Crippen MR) is 156 cm³/mol. The molecule has 3 rings (SSSR count). The molecule has 39 heavy (non-hydrogen) atoms. The van der Waals surface area contributed by atoms with Crippen molar-refractivity contribution < 1.29 is 18.0 Å². The van der Waals surface area contributed by atoms with Crippen molar-refractivity contribution in [3.63, 3.8) is 0 Å². The third-order valence-corrected chi connectivity index (χ3v) is 8.44. The first-order valence-electron chi connectivity index (χ1n) is 13.0. The number of halogens is 1. The van der Waals surface area contributed by atoms with Crippen LogP contribution in [0.1, 0.15) is 38.3 Å². The van der Waals surface area contributed by atoms with E-state index in [0.29, 0.717) is 23.7 Å². The van der Waals surface area contributed by atoms with Crippen molar-refractivity contribution in [1.82, 2.24) is 10.2 Å². The second-order valence-corrected chi connectivity index (χ2v) is 12.1. The number of sulfonamides is 1. The van der Waals surface area contributed by atoms with Crippen LogP contribution >= 0.6 is 11.6 Å². The normalized spacial score (nSPS) is 12.2. The first-order valence-corrected chi connectivity index (χ1v) is 14.8. The quantitative estimate of drug-likeness (QED) is 0.315. The van der Waals surface area contributed by atoms with Crippen LogP contribution in [0, 0.1) is 12.8 Å². The minimum atomic E-state index is -4.13. The van der Waals surface area contributed by atoms with Gasteiger partial charge < -0.3 is 10.2 Å². The van der Waals surface area contributed by atoms with Crippen LogP contribution < -0.4 is 9.62 Å². The molecule has 1 N–H and O–H groups in total. The van der Waals surface area contributed by atoms with E-state index in [4.69, 9.17) is 11.6 Å². The van der Waals surface area contributed by atoms with Crippen LogP contribution in [0.4, 0.5) is 5.69 Å². The van der Waals surface area contributed by atoms with Gasteiger partial charge in [-0.2, -0.15) is 0 Å². The van der Waals surface area contributed by atoms with E-state index in [0.717, 1.165) is 15.4 Å². The summed E-state index contributed by atoms with van der Waals surface area (Å²) in [5.41, 5.74) is 2.20. The van der Waals surface area contributed by atoms with Crippen LogP contribution in [0.25, 0.3) is 0 Å². The Morgan fingerprint density at radius 2 is 1.54 bits per heavy atom. The minimum Gasteiger partial charge on any atom is -0.354 e. The van der Waals surface area contributed by atoms with Gasteiger partial charge in [-0.15, -0.1) is 0 Å². The van der Waals surface area contributed by atoms with Gasteiger partial charge in [-0.1, -0.05) is 74.8 Å². The second-order valence-electron chi connectivity index (χ2n) is 9.81. The standard InChI is InChI=1S/C30H36ClN3O4S/c1-5-28(30(36)32-19-22(2)3)33(20-24-12-10-9-11-23(24)4)29(35)21-34(26-13-7-6-8-14-26)39(37,38)27-17-15-25(31)16-18-27/h6-18,22,28H,5,19-21H2,1-4H3,(H,32,36)/t28-/m0/s1. The Morgan fingerprint density at radius 3 is 2.13 bits per heavy atom. The van der Waals surface area contributed by atoms with Gasteiger partial charge in [0.15, 0.2) is 0 Å². The number of nitrogens with one attached hydrogen (secondary N) is 1. The lowest BCUT2D eigenvalue weighted by Gasteiger charge is -2.33. The number of rotatable bonds is 12. The molecule has 1 atom stereocenters. The van der Waals surface area contributed by atoms with Crippen LogP contribution in [0.5, 0.6) is 0 Å². The molecule has 0 aliphatic rings. The maximum absolute atomic E-state index is 14.0. The third kappa shape index (κ3) is 7.83. The molecule has 0 aliphatic carbocycles. The maximum Gasteiger partial charge on any atom is 0.264 e. The molecule has 0 heterocycles. The molecule has 0 unspecified atom stereocenters. The topological polar surface area (TPSA) is 86.8 Å². The Balaban J connectivity index is 2.03. The molecule has 2 amide bonds. The Kier molecular flexibility index (Phi) is 10.5. The Hall–Kier alpha value is -3.36. The Labute approximate surface area is 236 Å². The van der Waals surface area contributed by atoms with Crippen molar-refractivity contribution in [2.45, 2.75) is 51.6 Å². The molecule has 0 radical (unpaired) electrons. The summed E-state index contributed by atoms with van der Waals surface area (Å²) in [5.74, 6) is -0.504. The second kappa shape index (κ2) is 13.6. The molecular weight excluding hydrogens is 534 g/mol. The summed E-state index contributed by atoms with van der Waals surface area (Å²) in [4.78, 5) is 28.8. The van der Waals surface area contributed by atoms with Crippen LogP contribution in [-0.4, -0.2) is 44.3 Å². The van der Waals surface area contributed by atoms with Gasteiger partial charge in [0.2, 0.25) is 11.8 Å². The summed E-state index contributed by atoms with van der Waals surface area (Å²) < 4.78 is 28.7. The lowest BCUT2D eigenvalue weighted by molar-refractivity contribution is -0.140. The average molecular weight is 570 g/mol. The fourth-order valence-corrected chi connectivity index (χ4v) is 5.71. The van der Waals surface area contributed by atoms with Crippen molar-refractivity contribution in [2.24, 2.45) is 5.92 Å². The van der Waals surface area contributed by atoms with E-state index >= 15 is 0 Å². The van der Waals surface area contributed by atoms with Gasteiger partial charge in [-0.3, -0.25) is 13.9 Å². The molecule has 0 saturated carbocycles. The number of aryl methyl sites for hydroxylation is 1. The minimum absolute atomic E-state index is 0.00993. The lowest BCUT2D eigenvalue weighted by Crippen LogP contribution is -2.52. The van der Waals surface area contributed by atoms with E-state index in [1.165, 1.54) is 29.2 Å². The summed E-state index contributed by atoms with van der Waals surface area (Å²) in [6, 6.07) is 21.2. The molecule has 0 fully saturated rings. The van der Waals surface area contributed by atoms with E-state index in [1.807, 2.05) is 52.0 Å². The van der Waals surface area contributed by atoms with Crippen LogP contribution in [0.3, 0.4) is 0 Å². The fourth-order valence-electron chi connectivity index (χ4n) is 4.17. The van der Waals surface area contributed by atoms with Gasteiger partial charge in [-0.25, -0.2) is 8.42 Å². The largest absolute Gasteiger partial charge is 0.354 e. The average Bonchev–Trinajstić information content (AvgIpc) is 2.92. The maximum atomic E-state index is 14.0. The smallest absolute Gasteiger partial charge is 0.264 e. The van der Waals surface area contributed by atoms with E-state index in [2.05, 4.69) is 5.32 Å². The number of carbonyl (C=O) groups is 2. The molecule has 0 bridgehead atoms. The molecule has 208 valence electrons. The lowest BCUT2D eigenvalue weighted by atomic mass is 10.1. The summed E-state index contributed by atoms with van der Waals surface area (Å²) in [6.07, 6.45) is 0.372. The number of anilines is 1. The molecule has 9 heteroatoms. The SMILES string of the molecule is CC[C@@H](C(=O)NCC(C)C)N(Cc1ccccc1C)C(=O)CN(c1ccccc1)S(=O)(=O)c1ccc(Cl)cc1. The molecule has 7 nitrogen and oxygen atoms in total. The molecular formula is C30H36ClN3O4S. The number of hydrogen-bond donors (Lipinski definition) is 1. The zero-order chi connectivity index (χ0) is 28.6. The van der Waals surface area contributed by atoms with Gasteiger partial charge in [0.25, 0.3) is 10.0 Å². The first-order chi connectivity index (χ1) is 18.5. The van der Waals surface area contributed by atoms with Crippen molar-refractivity contribution in [1.29, 1.82) is 0 Å². The van der Waals surface area contributed by atoms with E-state index in [-0.39, 0.29) is 23.3 Å². The zero-order valence-electron chi connectivity index (χ0n) is 22.8. The highest BCUT2D eigenvalue weighted by molar-refractivity contribution is 7.92. The molecule has 0 spiro atoms. The van der Waals surface area contributed by atoms with E-state index in [9.17, 15) is 18.0 Å². The van der Waals surface area contributed by atoms with Crippen LogP contribution in [-0.2, 0) is 26.2 Å². The van der Waals surface area contributed by atoms with Gasteiger partial charge >= 0.3 is 0 Å². The number of nitrogens with zero attached hydrogens (tertiary/aromatic N) is 2. The van der Waals surface area contributed by atoms with Crippen molar-refractivity contribution in [3.05, 3.63) is 95.0 Å². The Morgan fingerprint density at radius 1 is 0.923 bits per heavy atom. The van der Waals surface area contributed by atoms with E-state index in [1.54, 1.807) is 30.3 Å². The molecule has 0 aliphatic heterocycles. The molecule has 3 aromatic carbocycles. The predicted octanol–water partition coefficient (Wildman–Crippen LogP) is 5.42. The third-order valence-electron chi connectivity index (χ3n) is 6.40. The highest BCUT2D eigenvalue weighted by atomic mass is 35.5. The van der Waals surface area contributed by atoms with E-state index < -0.39 is 28.5 Å². The van der Waals surface area contributed by atoms with Crippen molar-refractivity contribution in [3.8, 4) is 0 Å². The number of hydrogen-bond acceptors (Lipinski definition) is 4. The summed E-state index contributed by atoms with van der Waals surface area (Å²) in [6.45, 7) is 7.95. The van der Waals surface area contributed by atoms with Gasteiger partial charge in [0, 0.05) is 18.1 Å². The fraction of sp³-hybridized carbons (Fsp3) is 0.333. The van der Waals surface area contributed by atoms with Crippen molar-refractivity contribution >= 4 is 39.1 Å². The van der Waals surface area contributed by atoms with Gasteiger partial charge in [-0.05, 0) is 66.8 Å². The zero-order valence-corrected chi connectivity index (χ0v) is 24.4. The number of para-hydroxylation sites is 1. The van der Waals surface area contributed by atoms with Crippen LogP contribution in [0.15, 0.2) is 83.8 Å². The summed E-state index contributed by atoms with van der Waals surface area (Å²) >= 11 is 5.99. The van der Waals surface area contributed by atoms with Crippen molar-refractivity contribution in [2.75, 3.05) is 17.4 Å². The molecule has 0 saturated heterocycles. The number of carbonyl (C=O) groups excluding carboxylic acids is 2. The molecule has 0 aromatic heterocycles. The monoisotopic (exact) mass is 569 g/mol. The number of benzene rings is 3. The first kappa shape index (κ1) is 30.2. The molecule has 3 aromatic rings. The summed E-state index contributed by atoms with van der Waals surface area (Å²) in [5, 5.41) is 3.34. The summed E-state index contributed by atoms with van der Waals surface area (Å²) in [7, 11) is -4.13. The van der Waals surface area contributed by atoms with Gasteiger partial charge in [0.1, 0.15) is 12.6 Å². The highest BCUT2D eigenvalue weighted by Gasteiger charge is 2.33. The van der Waals surface area contributed by atoms with Gasteiger partial charge in [0.05, 0.1) is 10.6 Å². The highest BCUT2D eigenvalue weighted by Crippen LogP contribution is 2.26.